The Morgan fingerprint density at radius 1 is 1.14 bits per heavy atom. The van der Waals surface area contributed by atoms with E-state index >= 15 is 0 Å². The minimum absolute atomic E-state index is 0.137. The summed E-state index contributed by atoms with van der Waals surface area (Å²) < 4.78 is 32.6. The Kier molecular flexibility index (Phi) is 7.15. The molecule has 12 heteroatoms. The lowest BCUT2D eigenvalue weighted by Crippen LogP contribution is -2.36. The van der Waals surface area contributed by atoms with E-state index in [4.69, 9.17) is 27.9 Å². The molecule has 1 aliphatic rings. The molecule has 1 aromatic heterocycles. The molecule has 1 aliphatic heterocycles. The van der Waals surface area contributed by atoms with Crippen LogP contribution in [0.3, 0.4) is 0 Å². The summed E-state index contributed by atoms with van der Waals surface area (Å²) in [6.07, 6.45) is 3.64. The predicted molar refractivity (Wildman–Crippen MR) is 134 cm³/mol. The number of rotatable bonds is 6. The Bertz CT molecular complexity index is 1370. The number of anilines is 3. The lowest BCUT2D eigenvalue weighted by atomic mass is 10.1. The molecule has 0 saturated heterocycles. The number of fused-ring (bicyclic) bond motifs is 1. The molecule has 4 rings (SSSR count). The fraction of sp³-hybridized carbons (Fsp3) is 0.174. The zero-order valence-electron chi connectivity index (χ0n) is 18.4. The van der Waals surface area contributed by atoms with Crippen molar-refractivity contribution in [1.29, 1.82) is 0 Å². The van der Waals surface area contributed by atoms with Crippen LogP contribution < -0.4 is 14.5 Å². The molecular weight excluding hydrogens is 515 g/mol. The van der Waals surface area contributed by atoms with Crippen molar-refractivity contribution in [3.8, 4) is 0 Å². The van der Waals surface area contributed by atoms with Crippen molar-refractivity contribution in [3.05, 3.63) is 76.5 Å². The Morgan fingerprint density at radius 2 is 1.89 bits per heavy atom. The monoisotopic (exact) mass is 534 g/mol. The molecule has 2 heterocycles. The predicted octanol–water partition coefficient (Wildman–Crippen LogP) is 4.35. The zero-order valence-corrected chi connectivity index (χ0v) is 20.8. The number of carbonyl (C=O) groups is 2. The van der Waals surface area contributed by atoms with Crippen LogP contribution in [0.25, 0.3) is 0 Å². The van der Waals surface area contributed by atoms with Gasteiger partial charge in [-0.15, -0.1) is 0 Å². The first-order valence-corrected chi connectivity index (χ1v) is 12.6. The molecule has 0 unspecified atom stereocenters. The number of methoxy groups -OCH3 is 1. The Balaban J connectivity index is 1.67. The standard InChI is InChI=1S/C23H20Cl2N4O5S/c1-34-22(30)14-29(35(32,33)20-11-16(24)10-17(25)12-20)19-4-5-21-15(9-19)6-8-28(21)23(31)27-18-3-2-7-26-13-18/h2-5,7,9-13H,6,8,14H2,1H3,(H,27,31). The van der Waals surface area contributed by atoms with Crippen LogP contribution in [0.5, 0.6) is 0 Å². The number of amides is 2. The van der Waals surface area contributed by atoms with Crippen LogP contribution in [0.2, 0.25) is 10.0 Å². The van der Waals surface area contributed by atoms with Gasteiger partial charge >= 0.3 is 12.0 Å². The van der Waals surface area contributed by atoms with Gasteiger partial charge in [0.2, 0.25) is 0 Å². The average Bonchev–Trinajstić information content (AvgIpc) is 3.25. The second-order valence-electron chi connectivity index (χ2n) is 7.58. The van der Waals surface area contributed by atoms with E-state index in [0.29, 0.717) is 24.3 Å². The normalized spacial score (nSPS) is 12.7. The van der Waals surface area contributed by atoms with Gasteiger partial charge in [-0.2, -0.15) is 0 Å². The van der Waals surface area contributed by atoms with E-state index in [1.807, 2.05) is 0 Å². The van der Waals surface area contributed by atoms with E-state index < -0.39 is 22.5 Å². The second-order valence-corrected chi connectivity index (χ2v) is 10.3. The van der Waals surface area contributed by atoms with Gasteiger partial charge in [0, 0.05) is 28.5 Å². The molecule has 0 radical (unpaired) electrons. The fourth-order valence-electron chi connectivity index (χ4n) is 3.68. The molecule has 0 bridgehead atoms. The Labute approximate surface area is 212 Å². The number of halogens is 2. The number of nitrogens with zero attached hydrogens (tertiary/aromatic N) is 3. The van der Waals surface area contributed by atoms with Crippen molar-refractivity contribution in [1.82, 2.24) is 4.98 Å². The van der Waals surface area contributed by atoms with Crippen molar-refractivity contribution < 1.29 is 22.7 Å². The van der Waals surface area contributed by atoms with Crippen LogP contribution in [-0.4, -0.2) is 45.6 Å². The first-order valence-electron chi connectivity index (χ1n) is 10.4. The summed E-state index contributed by atoms with van der Waals surface area (Å²) in [6.45, 7) is -0.161. The Hall–Kier alpha value is -3.34. The molecule has 0 saturated carbocycles. The summed E-state index contributed by atoms with van der Waals surface area (Å²) in [5.41, 5.74) is 2.17. The summed E-state index contributed by atoms with van der Waals surface area (Å²) in [5, 5.41) is 3.06. The molecule has 3 aromatic rings. The number of sulfonamides is 1. The molecule has 2 aromatic carbocycles. The van der Waals surface area contributed by atoms with E-state index in [2.05, 4.69) is 10.3 Å². The summed E-state index contributed by atoms with van der Waals surface area (Å²) in [5.74, 6) is -0.750. The molecule has 1 N–H and O–H groups in total. The number of hydrogen-bond donors (Lipinski definition) is 1. The minimum Gasteiger partial charge on any atom is -0.468 e. The topological polar surface area (TPSA) is 109 Å². The van der Waals surface area contributed by atoms with Crippen molar-refractivity contribution in [2.24, 2.45) is 0 Å². The van der Waals surface area contributed by atoms with Crippen LogP contribution in [0, 0.1) is 0 Å². The smallest absolute Gasteiger partial charge is 0.326 e. The second kappa shape index (κ2) is 10.1. The third kappa shape index (κ3) is 5.34. The number of pyridine rings is 1. The van der Waals surface area contributed by atoms with E-state index in [1.54, 1.807) is 35.4 Å². The van der Waals surface area contributed by atoms with E-state index in [-0.39, 0.29) is 26.7 Å². The van der Waals surface area contributed by atoms with Gasteiger partial charge in [0.15, 0.2) is 0 Å². The lowest BCUT2D eigenvalue weighted by Gasteiger charge is -2.25. The summed E-state index contributed by atoms with van der Waals surface area (Å²) >= 11 is 12.0. The summed E-state index contributed by atoms with van der Waals surface area (Å²) in [6, 6.07) is 11.8. The third-order valence-corrected chi connectivity index (χ3v) is 7.52. The van der Waals surface area contributed by atoms with Gasteiger partial charge in [0.1, 0.15) is 6.54 Å². The minimum atomic E-state index is -4.23. The van der Waals surface area contributed by atoms with Gasteiger partial charge in [-0.3, -0.25) is 19.0 Å². The number of nitrogens with one attached hydrogen (secondary N) is 1. The van der Waals surface area contributed by atoms with Crippen molar-refractivity contribution in [2.45, 2.75) is 11.3 Å². The van der Waals surface area contributed by atoms with Gasteiger partial charge in [-0.05, 0) is 60.5 Å². The maximum atomic E-state index is 13.5. The zero-order chi connectivity index (χ0) is 25.2. The van der Waals surface area contributed by atoms with Crippen LogP contribution >= 0.6 is 23.2 Å². The van der Waals surface area contributed by atoms with Crippen LogP contribution in [-0.2, 0) is 26.0 Å². The first kappa shape index (κ1) is 24.8. The number of carbonyl (C=O) groups excluding carboxylic acids is 2. The number of benzene rings is 2. The van der Waals surface area contributed by atoms with Crippen LogP contribution in [0.15, 0.2) is 65.8 Å². The average molecular weight is 535 g/mol. The molecule has 182 valence electrons. The number of aromatic nitrogens is 1. The summed E-state index contributed by atoms with van der Waals surface area (Å²) in [7, 11) is -3.06. The van der Waals surface area contributed by atoms with Gasteiger partial charge in [0.05, 0.1) is 29.6 Å². The molecule has 35 heavy (non-hydrogen) atoms. The molecule has 0 spiro atoms. The highest BCUT2D eigenvalue weighted by Gasteiger charge is 2.31. The number of urea groups is 1. The van der Waals surface area contributed by atoms with Crippen molar-refractivity contribution >= 4 is 62.3 Å². The lowest BCUT2D eigenvalue weighted by molar-refractivity contribution is -0.138. The maximum Gasteiger partial charge on any atom is 0.326 e. The van der Waals surface area contributed by atoms with E-state index in [9.17, 15) is 18.0 Å². The maximum absolute atomic E-state index is 13.5. The Morgan fingerprint density at radius 3 is 2.54 bits per heavy atom. The molecule has 0 atom stereocenters. The number of ether oxygens (including phenoxy) is 1. The van der Waals surface area contributed by atoms with Gasteiger partial charge < -0.3 is 10.1 Å². The first-order chi connectivity index (χ1) is 16.7. The fourth-order valence-corrected chi connectivity index (χ4v) is 5.81. The van der Waals surface area contributed by atoms with E-state index in [0.717, 1.165) is 9.87 Å². The van der Waals surface area contributed by atoms with Gasteiger partial charge in [-0.1, -0.05) is 23.2 Å². The molecule has 2 amide bonds. The number of esters is 1. The number of hydrogen-bond acceptors (Lipinski definition) is 6. The van der Waals surface area contributed by atoms with Gasteiger partial charge in [-0.25, -0.2) is 13.2 Å². The van der Waals surface area contributed by atoms with Crippen LogP contribution in [0.1, 0.15) is 5.56 Å². The highest BCUT2D eigenvalue weighted by molar-refractivity contribution is 7.92. The quantitative estimate of drug-likeness (QED) is 0.470. The molecule has 0 fully saturated rings. The highest BCUT2D eigenvalue weighted by Crippen LogP contribution is 2.35. The summed E-state index contributed by atoms with van der Waals surface area (Å²) in [4.78, 5) is 30.3. The molecular formula is C23H20Cl2N4O5S. The van der Waals surface area contributed by atoms with Crippen LogP contribution in [0.4, 0.5) is 21.9 Å². The van der Waals surface area contributed by atoms with E-state index in [1.165, 1.54) is 37.6 Å². The van der Waals surface area contributed by atoms with Crippen molar-refractivity contribution in [2.75, 3.05) is 34.7 Å². The largest absolute Gasteiger partial charge is 0.468 e. The third-order valence-electron chi connectivity index (χ3n) is 5.33. The molecule has 9 nitrogen and oxygen atoms in total. The SMILES string of the molecule is COC(=O)CN(c1ccc2c(c1)CCN2C(=O)Nc1cccnc1)S(=O)(=O)c1cc(Cl)cc(Cl)c1. The highest BCUT2D eigenvalue weighted by atomic mass is 35.5. The van der Waals surface area contributed by atoms with Gasteiger partial charge in [0.25, 0.3) is 10.0 Å². The van der Waals surface area contributed by atoms with Crippen molar-refractivity contribution in [3.63, 3.8) is 0 Å². The molecule has 0 aliphatic carbocycles.